The van der Waals surface area contributed by atoms with Gasteiger partial charge in [-0.2, -0.15) is 0 Å². The molecule has 0 spiro atoms. The molecule has 0 aliphatic heterocycles. The summed E-state index contributed by atoms with van der Waals surface area (Å²) in [6, 6.07) is 4.38. The molecule has 18 heavy (non-hydrogen) atoms. The van der Waals surface area contributed by atoms with Crippen molar-refractivity contribution in [3.8, 4) is 0 Å². The number of hydrogen-bond donors (Lipinski definition) is 3. The Hall–Kier alpha value is -2.04. The molecule has 0 saturated heterocycles. The van der Waals surface area contributed by atoms with Gasteiger partial charge in [-0.05, 0) is 31.0 Å². The Bertz CT molecular complexity index is 458. The number of carboxylic acids is 1. The Kier molecular flexibility index (Phi) is 4.71. The third-order valence-electron chi connectivity index (χ3n) is 2.65. The highest BCUT2D eigenvalue weighted by Gasteiger charge is 2.18. The van der Waals surface area contributed by atoms with Crippen LogP contribution >= 0.6 is 0 Å². The molecule has 98 valence electrons. The minimum Gasteiger partial charge on any atom is -0.480 e. The zero-order chi connectivity index (χ0) is 13.7. The van der Waals surface area contributed by atoms with Crippen LogP contribution in [0.4, 0.5) is 5.69 Å². The lowest BCUT2D eigenvalue weighted by Crippen LogP contribution is -2.30. The molecule has 0 fully saturated rings. The van der Waals surface area contributed by atoms with Crippen molar-refractivity contribution in [2.75, 3.05) is 5.32 Å². The van der Waals surface area contributed by atoms with Crippen molar-refractivity contribution in [1.82, 2.24) is 0 Å². The van der Waals surface area contributed by atoms with Crippen LogP contribution in [0.3, 0.4) is 0 Å². The second-order valence-corrected chi connectivity index (χ2v) is 4.24. The van der Waals surface area contributed by atoms with E-state index in [1.165, 1.54) is 0 Å². The second kappa shape index (κ2) is 6.05. The lowest BCUT2D eigenvalue weighted by atomic mass is 10.1. The zero-order valence-electron chi connectivity index (χ0n) is 10.6. The fourth-order valence-corrected chi connectivity index (χ4v) is 1.73. The van der Waals surface area contributed by atoms with Crippen molar-refractivity contribution in [1.29, 1.82) is 0 Å². The first kappa shape index (κ1) is 14.0. The molecule has 0 heterocycles. The number of carbonyl (C=O) groups excluding carboxylic acids is 1. The SMILES string of the molecule is CCCC(Nc1cc(C)ccc1C(N)=O)C(=O)O. The summed E-state index contributed by atoms with van der Waals surface area (Å²) in [5, 5.41) is 12.0. The van der Waals surface area contributed by atoms with Crippen LogP contribution in [-0.4, -0.2) is 23.0 Å². The zero-order valence-corrected chi connectivity index (χ0v) is 10.6. The van der Waals surface area contributed by atoms with Crippen molar-refractivity contribution in [2.45, 2.75) is 32.7 Å². The van der Waals surface area contributed by atoms with Crippen LogP contribution in [0.1, 0.15) is 35.7 Å². The van der Waals surface area contributed by atoms with Gasteiger partial charge in [-0.1, -0.05) is 19.4 Å². The van der Waals surface area contributed by atoms with Gasteiger partial charge < -0.3 is 16.2 Å². The summed E-state index contributed by atoms with van der Waals surface area (Å²) in [6.45, 7) is 3.77. The minimum absolute atomic E-state index is 0.308. The van der Waals surface area contributed by atoms with Crippen molar-refractivity contribution >= 4 is 17.6 Å². The molecule has 0 saturated carbocycles. The molecule has 5 nitrogen and oxygen atoms in total. The van der Waals surface area contributed by atoms with Gasteiger partial charge in [0.05, 0.1) is 5.56 Å². The normalized spacial score (nSPS) is 11.9. The molecule has 1 rings (SSSR count). The van der Waals surface area contributed by atoms with Gasteiger partial charge in [0.2, 0.25) is 0 Å². The molecule has 1 unspecified atom stereocenters. The van der Waals surface area contributed by atoms with Crippen LogP contribution in [0.5, 0.6) is 0 Å². The van der Waals surface area contributed by atoms with Gasteiger partial charge in [-0.15, -0.1) is 0 Å². The summed E-state index contributed by atoms with van der Waals surface area (Å²) in [5.74, 6) is -1.51. The maximum absolute atomic E-state index is 11.3. The molecule has 0 radical (unpaired) electrons. The lowest BCUT2D eigenvalue weighted by Gasteiger charge is -2.17. The minimum atomic E-state index is -0.936. The van der Waals surface area contributed by atoms with E-state index in [0.29, 0.717) is 17.7 Å². The van der Waals surface area contributed by atoms with Crippen molar-refractivity contribution in [2.24, 2.45) is 5.73 Å². The summed E-state index contributed by atoms with van der Waals surface area (Å²) in [7, 11) is 0. The third-order valence-corrected chi connectivity index (χ3v) is 2.65. The van der Waals surface area contributed by atoms with E-state index in [1.54, 1.807) is 18.2 Å². The number of primary amides is 1. The molecule has 5 heteroatoms. The monoisotopic (exact) mass is 250 g/mol. The Labute approximate surface area is 106 Å². The molecule has 1 amide bonds. The van der Waals surface area contributed by atoms with Crippen molar-refractivity contribution in [3.63, 3.8) is 0 Å². The Morgan fingerprint density at radius 3 is 2.61 bits per heavy atom. The maximum Gasteiger partial charge on any atom is 0.326 e. The molecular weight excluding hydrogens is 232 g/mol. The smallest absolute Gasteiger partial charge is 0.326 e. The highest BCUT2D eigenvalue weighted by atomic mass is 16.4. The molecular formula is C13H18N2O3. The van der Waals surface area contributed by atoms with Gasteiger partial charge >= 0.3 is 5.97 Å². The summed E-state index contributed by atoms with van der Waals surface area (Å²) in [5.41, 5.74) is 6.98. The number of carbonyl (C=O) groups is 2. The highest BCUT2D eigenvalue weighted by Crippen LogP contribution is 2.19. The fraction of sp³-hybridized carbons (Fsp3) is 0.385. The van der Waals surface area contributed by atoms with Gasteiger partial charge in [0.25, 0.3) is 5.91 Å². The number of nitrogens with two attached hydrogens (primary N) is 1. The van der Waals surface area contributed by atoms with Gasteiger partial charge in [0, 0.05) is 5.69 Å². The number of carboxylic acid groups (broad SMARTS) is 1. The van der Waals surface area contributed by atoms with E-state index in [2.05, 4.69) is 5.32 Å². The van der Waals surface area contributed by atoms with Gasteiger partial charge in [-0.25, -0.2) is 4.79 Å². The molecule has 4 N–H and O–H groups in total. The molecule has 1 aromatic carbocycles. The lowest BCUT2D eigenvalue weighted by molar-refractivity contribution is -0.138. The first-order valence-corrected chi connectivity index (χ1v) is 5.85. The van der Waals surface area contributed by atoms with Crippen LogP contribution in [0.2, 0.25) is 0 Å². The Morgan fingerprint density at radius 1 is 1.44 bits per heavy atom. The average Bonchev–Trinajstić information content (AvgIpc) is 2.28. The average molecular weight is 250 g/mol. The molecule has 0 bridgehead atoms. The van der Waals surface area contributed by atoms with Crippen LogP contribution in [0.15, 0.2) is 18.2 Å². The van der Waals surface area contributed by atoms with Crippen LogP contribution in [0, 0.1) is 6.92 Å². The molecule has 0 aromatic heterocycles. The Balaban J connectivity index is 3.03. The summed E-state index contributed by atoms with van der Waals surface area (Å²) >= 11 is 0. The highest BCUT2D eigenvalue weighted by molar-refractivity contribution is 5.99. The van der Waals surface area contributed by atoms with E-state index in [1.807, 2.05) is 13.8 Å². The Morgan fingerprint density at radius 2 is 2.11 bits per heavy atom. The van der Waals surface area contributed by atoms with Gasteiger partial charge in [-0.3, -0.25) is 4.79 Å². The van der Waals surface area contributed by atoms with Gasteiger partial charge in [0.15, 0.2) is 0 Å². The standard InChI is InChI=1S/C13H18N2O3/c1-3-4-10(13(17)18)15-11-7-8(2)5-6-9(11)12(14)16/h5-7,10,15H,3-4H2,1-2H3,(H2,14,16)(H,17,18). The third kappa shape index (κ3) is 3.48. The number of rotatable bonds is 6. The maximum atomic E-state index is 11.3. The molecule has 1 atom stereocenters. The first-order chi connectivity index (χ1) is 8.45. The van der Waals surface area contributed by atoms with E-state index >= 15 is 0 Å². The number of benzene rings is 1. The molecule has 0 aliphatic rings. The largest absolute Gasteiger partial charge is 0.480 e. The number of nitrogens with one attached hydrogen (secondary N) is 1. The van der Waals surface area contributed by atoms with Crippen LogP contribution in [-0.2, 0) is 4.79 Å². The number of aliphatic carboxylic acids is 1. The van der Waals surface area contributed by atoms with E-state index < -0.39 is 17.9 Å². The quantitative estimate of drug-likeness (QED) is 0.717. The van der Waals surface area contributed by atoms with Crippen molar-refractivity contribution < 1.29 is 14.7 Å². The topological polar surface area (TPSA) is 92.4 Å². The predicted molar refractivity (Wildman–Crippen MR) is 69.7 cm³/mol. The predicted octanol–water partition coefficient (Wildman–Crippen LogP) is 1.76. The van der Waals surface area contributed by atoms with Crippen LogP contribution in [0.25, 0.3) is 0 Å². The first-order valence-electron chi connectivity index (χ1n) is 5.85. The number of anilines is 1. The molecule has 1 aromatic rings. The number of aryl methyl sites for hydroxylation is 1. The summed E-state index contributed by atoms with van der Waals surface area (Å²) < 4.78 is 0. The molecule has 0 aliphatic carbocycles. The van der Waals surface area contributed by atoms with E-state index in [9.17, 15) is 9.59 Å². The summed E-state index contributed by atoms with van der Waals surface area (Å²) in [4.78, 5) is 22.4. The number of amides is 1. The van der Waals surface area contributed by atoms with Crippen LogP contribution < -0.4 is 11.1 Å². The number of hydrogen-bond acceptors (Lipinski definition) is 3. The van der Waals surface area contributed by atoms with E-state index in [0.717, 1.165) is 12.0 Å². The van der Waals surface area contributed by atoms with E-state index in [4.69, 9.17) is 10.8 Å². The fourth-order valence-electron chi connectivity index (χ4n) is 1.73. The second-order valence-electron chi connectivity index (χ2n) is 4.24. The van der Waals surface area contributed by atoms with Crippen molar-refractivity contribution in [3.05, 3.63) is 29.3 Å². The summed E-state index contributed by atoms with van der Waals surface area (Å²) in [6.07, 6.45) is 1.23. The van der Waals surface area contributed by atoms with E-state index in [-0.39, 0.29) is 0 Å². The van der Waals surface area contributed by atoms with Gasteiger partial charge in [0.1, 0.15) is 6.04 Å².